The van der Waals surface area contributed by atoms with Gasteiger partial charge in [0.2, 0.25) is 0 Å². The standard InChI is InChI=1S/C17H18ClN3O/c1-12-10-21(11-20-12)15-6-5-13(9-16(15)22-2)8-14-4-3-7-19-17(14)18/h5-6,8-11H,3-4,7H2,1-2H3. The summed E-state index contributed by atoms with van der Waals surface area (Å²) in [5.41, 5.74) is 4.08. The number of aliphatic imine (C=N–C) groups is 1. The van der Waals surface area contributed by atoms with Gasteiger partial charge in [-0.15, -0.1) is 0 Å². The Balaban J connectivity index is 1.97. The Bertz CT molecular complexity index is 746. The number of methoxy groups -OCH3 is 1. The van der Waals surface area contributed by atoms with Crippen molar-refractivity contribution in [2.75, 3.05) is 13.7 Å². The molecule has 0 radical (unpaired) electrons. The number of aryl methyl sites for hydroxylation is 1. The predicted octanol–water partition coefficient (Wildman–Crippen LogP) is 4.00. The maximum atomic E-state index is 6.17. The molecule has 0 aliphatic carbocycles. The summed E-state index contributed by atoms with van der Waals surface area (Å²) in [4.78, 5) is 8.54. The number of benzene rings is 1. The lowest BCUT2D eigenvalue weighted by Gasteiger charge is -2.13. The molecule has 5 heteroatoms. The fourth-order valence-electron chi connectivity index (χ4n) is 2.53. The normalized spacial score (nSPS) is 16.7. The van der Waals surface area contributed by atoms with Crippen LogP contribution >= 0.6 is 11.6 Å². The van der Waals surface area contributed by atoms with E-state index in [1.807, 2.05) is 29.8 Å². The number of hydrogen-bond donors (Lipinski definition) is 0. The minimum atomic E-state index is 0.625. The molecule has 3 rings (SSSR count). The first-order valence-corrected chi connectivity index (χ1v) is 7.65. The molecule has 0 fully saturated rings. The fraction of sp³-hybridized carbons (Fsp3) is 0.294. The van der Waals surface area contributed by atoms with Crippen LogP contribution in [-0.4, -0.2) is 28.4 Å². The van der Waals surface area contributed by atoms with Crippen LogP contribution in [0.2, 0.25) is 0 Å². The van der Waals surface area contributed by atoms with Gasteiger partial charge in [0.1, 0.15) is 10.9 Å². The SMILES string of the molecule is COc1cc(C=C2CCCN=C2Cl)ccc1-n1cnc(C)c1. The lowest BCUT2D eigenvalue weighted by Crippen LogP contribution is -2.03. The molecule has 1 aromatic carbocycles. The number of nitrogens with zero attached hydrogens (tertiary/aromatic N) is 3. The van der Waals surface area contributed by atoms with E-state index in [1.165, 1.54) is 0 Å². The summed E-state index contributed by atoms with van der Waals surface area (Å²) in [5, 5.41) is 0.625. The van der Waals surface area contributed by atoms with E-state index in [0.29, 0.717) is 5.17 Å². The van der Waals surface area contributed by atoms with Crippen molar-refractivity contribution in [1.29, 1.82) is 0 Å². The first kappa shape index (κ1) is 14.9. The molecular formula is C17H18ClN3O. The number of ether oxygens (including phenoxy) is 1. The van der Waals surface area contributed by atoms with E-state index in [-0.39, 0.29) is 0 Å². The van der Waals surface area contributed by atoms with Crippen molar-refractivity contribution in [2.24, 2.45) is 4.99 Å². The Morgan fingerprint density at radius 2 is 2.23 bits per heavy atom. The third-order valence-corrected chi connectivity index (χ3v) is 4.02. The highest BCUT2D eigenvalue weighted by Crippen LogP contribution is 2.27. The zero-order valence-corrected chi connectivity index (χ0v) is 13.5. The summed E-state index contributed by atoms with van der Waals surface area (Å²) < 4.78 is 7.48. The van der Waals surface area contributed by atoms with E-state index in [4.69, 9.17) is 16.3 Å². The molecule has 0 unspecified atom stereocenters. The van der Waals surface area contributed by atoms with E-state index < -0.39 is 0 Å². The van der Waals surface area contributed by atoms with Gasteiger partial charge in [0.25, 0.3) is 0 Å². The van der Waals surface area contributed by atoms with Crippen LogP contribution in [0.25, 0.3) is 11.8 Å². The molecule has 0 saturated carbocycles. The van der Waals surface area contributed by atoms with Crippen LogP contribution in [0.3, 0.4) is 0 Å². The summed E-state index contributed by atoms with van der Waals surface area (Å²) in [6.07, 6.45) is 7.85. The van der Waals surface area contributed by atoms with Gasteiger partial charge in [-0.3, -0.25) is 4.99 Å². The summed E-state index contributed by atoms with van der Waals surface area (Å²) in [6.45, 7) is 2.78. The molecule has 1 aromatic heterocycles. The summed E-state index contributed by atoms with van der Waals surface area (Å²) in [6, 6.07) is 6.09. The molecule has 2 heterocycles. The number of imidazole rings is 1. The van der Waals surface area contributed by atoms with Crippen molar-refractivity contribution in [3.8, 4) is 11.4 Å². The maximum absolute atomic E-state index is 6.17. The van der Waals surface area contributed by atoms with Gasteiger partial charge in [0.15, 0.2) is 0 Å². The monoisotopic (exact) mass is 315 g/mol. The smallest absolute Gasteiger partial charge is 0.143 e. The second-order valence-electron chi connectivity index (χ2n) is 5.30. The third kappa shape index (κ3) is 3.07. The minimum absolute atomic E-state index is 0.625. The molecule has 114 valence electrons. The molecule has 1 aliphatic heterocycles. The Hall–Kier alpha value is -2.07. The molecule has 4 nitrogen and oxygen atoms in total. The molecule has 0 saturated heterocycles. The number of halogens is 1. The molecule has 2 aromatic rings. The van der Waals surface area contributed by atoms with E-state index >= 15 is 0 Å². The third-order valence-electron chi connectivity index (χ3n) is 3.65. The Morgan fingerprint density at radius 1 is 1.36 bits per heavy atom. The number of allylic oxidation sites excluding steroid dienone is 1. The van der Waals surface area contributed by atoms with Crippen LogP contribution in [0.4, 0.5) is 0 Å². The van der Waals surface area contributed by atoms with Crippen molar-refractivity contribution in [2.45, 2.75) is 19.8 Å². The number of rotatable bonds is 3. The van der Waals surface area contributed by atoms with Gasteiger partial charge in [-0.2, -0.15) is 0 Å². The molecule has 0 spiro atoms. The van der Waals surface area contributed by atoms with Crippen molar-refractivity contribution in [3.63, 3.8) is 0 Å². The van der Waals surface area contributed by atoms with E-state index in [2.05, 4.69) is 22.1 Å². The van der Waals surface area contributed by atoms with Gasteiger partial charge in [0, 0.05) is 12.7 Å². The van der Waals surface area contributed by atoms with Crippen LogP contribution in [0.1, 0.15) is 24.1 Å². The second-order valence-corrected chi connectivity index (χ2v) is 5.66. The first-order chi connectivity index (χ1) is 10.7. The highest BCUT2D eigenvalue weighted by Gasteiger charge is 2.11. The van der Waals surface area contributed by atoms with E-state index in [1.54, 1.807) is 13.4 Å². The van der Waals surface area contributed by atoms with Gasteiger partial charge >= 0.3 is 0 Å². The van der Waals surface area contributed by atoms with Crippen LogP contribution in [0, 0.1) is 6.92 Å². The second kappa shape index (κ2) is 6.36. The van der Waals surface area contributed by atoms with Crippen molar-refractivity contribution < 1.29 is 4.74 Å². The van der Waals surface area contributed by atoms with Gasteiger partial charge in [-0.05, 0) is 49.1 Å². The van der Waals surface area contributed by atoms with Crippen LogP contribution in [0.15, 0.2) is 41.3 Å². The highest BCUT2D eigenvalue weighted by molar-refractivity contribution is 6.70. The summed E-state index contributed by atoms with van der Waals surface area (Å²) in [7, 11) is 1.68. The maximum Gasteiger partial charge on any atom is 0.143 e. The zero-order chi connectivity index (χ0) is 15.5. The van der Waals surface area contributed by atoms with E-state index in [0.717, 1.165) is 47.7 Å². The molecule has 1 aliphatic rings. The number of hydrogen-bond acceptors (Lipinski definition) is 3. The quantitative estimate of drug-likeness (QED) is 0.858. The van der Waals surface area contributed by atoms with Crippen LogP contribution < -0.4 is 4.74 Å². The average Bonchev–Trinajstić information content (AvgIpc) is 2.96. The fourth-order valence-corrected chi connectivity index (χ4v) is 2.77. The molecule has 0 bridgehead atoms. The molecule has 22 heavy (non-hydrogen) atoms. The van der Waals surface area contributed by atoms with Gasteiger partial charge in [-0.1, -0.05) is 17.7 Å². The lowest BCUT2D eigenvalue weighted by molar-refractivity contribution is 0.413. The Kier molecular flexibility index (Phi) is 4.29. The topological polar surface area (TPSA) is 39.4 Å². The van der Waals surface area contributed by atoms with Gasteiger partial charge in [-0.25, -0.2) is 4.98 Å². The number of aromatic nitrogens is 2. The molecule has 0 amide bonds. The van der Waals surface area contributed by atoms with Crippen molar-refractivity contribution >= 4 is 22.8 Å². The Morgan fingerprint density at radius 3 is 2.91 bits per heavy atom. The van der Waals surface area contributed by atoms with Crippen molar-refractivity contribution in [1.82, 2.24) is 9.55 Å². The zero-order valence-electron chi connectivity index (χ0n) is 12.7. The van der Waals surface area contributed by atoms with E-state index in [9.17, 15) is 0 Å². The molecule has 0 atom stereocenters. The molecular weight excluding hydrogens is 298 g/mol. The van der Waals surface area contributed by atoms with Crippen molar-refractivity contribution in [3.05, 3.63) is 47.6 Å². The first-order valence-electron chi connectivity index (χ1n) is 7.27. The lowest BCUT2D eigenvalue weighted by atomic mass is 10.0. The van der Waals surface area contributed by atoms with Gasteiger partial charge in [0.05, 0.1) is 24.8 Å². The Labute approximate surface area is 135 Å². The van der Waals surface area contributed by atoms with Crippen LogP contribution in [0.5, 0.6) is 5.75 Å². The van der Waals surface area contributed by atoms with Crippen LogP contribution in [-0.2, 0) is 0 Å². The minimum Gasteiger partial charge on any atom is -0.495 e. The average molecular weight is 316 g/mol. The highest BCUT2D eigenvalue weighted by atomic mass is 35.5. The van der Waals surface area contributed by atoms with Gasteiger partial charge < -0.3 is 9.30 Å². The predicted molar refractivity (Wildman–Crippen MR) is 90.2 cm³/mol. The summed E-state index contributed by atoms with van der Waals surface area (Å²) in [5.74, 6) is 0.802. The largest absolute Gasteiger partial charge is 0.495 e. The summed E-state index contributed by atoms with van der Waals surface area (Å²) >= 11 is 6.17. The molecule has 0 N–H and O–H groups in total.